The molecule has 0 aromatic heterocycles. The number of nitrogens with one attached hydrogen (secondary N) is 1. The Morgan fingerprint density at radius 2 is 1.67 bits per heavy atom. The number of carbonyl (C=O) groups is 2. The minimum Gasteiger partial charge on any atom is -0.352 e. The summed E-state index contributed by atoms with van der Waals surface area (Å²) in [5.74, 6) is -0.657. The van der Waals surface area contributed by atoms with Gasteiger partial charge in [0.05, 0.1) is 11.3 Å². The van der Waals surface area contributed by atoms with Crippen LogP contribution in [0.5, 0.6) is 0 Å². The highest BCUT2D eigenvalue weighted by Gasteiger charge is 2.32. The van der Waals surface area contributed by atoms with Crippen LogP contribution in [0.4, 0.5) is 5.69 Å². The van der Waals surface area contributed by atoms with Crippen LogP contribution < -0.4 is 5.32 Å². The Hall–Kier alpha value is -3.71. The van der Waals surface area contributed by atoms with Gasteiger partial charge >= 0.3 is 0 Å². The first-order valence-corrected chi connectivity index (χ1v) is 12.3. The number of amides is 2. The van der Waals surface area contributed by atoms with E-state index >= 15 is 0 Å². The molecular formula is C28H30ClN3O4. The largest absolute Gasteiger partial charge is 0.352 e. The third-order valence-electron chi connectivity index (χ3n) is 6.04. The van der Waals surface area contributed by atoms with Crippen LogP contribution in [0.1, 0.15) is 37.0 Å². The molecule has 188 valence electrons. The van der Waals surface area contributed by atoms with E-state index in [0.29, 0.717) is 17.0 Å². The van der Waals surface area contributed by atoms with Crippen LogP contribution in [0, 0.1) is 10.1 Å². The monoisotopic (exact) mass is 507 g/mol. The third-order valence-corrected chi connectivity index (χ3v) is 6.28. The van der Waals surface area contributed by atoms with E-state index in [-0.39, 0.29) is 36.5 Å². The van der Waals surface area contributed by atoms with Crippen molar-refractivity contribution in [2.75, 3.05) is 0 Å². The van der Waals surface area contributed by atoms with Gasteiger partial charge in [-0.05, 0) is 36.6 Å². The van der Waals surface area contributed by atoms with E-state index in [1.165, 1.54) is 11.0 Å². The van der Waals surface area contributed by atoms with E-state index in [1.807, 2.05) is 50.2 Å². The number of hydrogen-bond donors (Lipinski definition) is 1. The summed E-state index contributed by atoms with van der Waals surface area (Å²) in [6.45, 7) is 4.01. The van der Waals surface area contributed by atoms with Crippen molar-refractivity contribution >= 4 is 29.1 Å². The lowest BCUT2D eigenvalue weighted by molar-refractivity contribution is -0.385. The first-order chi connectivity index (χ1) is 17.3. The number of nitro benzene ring substituents is 1. The molecular weight excluding hydrogens is 478 g/mol. The molecule has 3 aromatic rings. The third kappa shape index (κ3) is 7.39. The summed E-state index contributed by atoms with van der Waals surface area (Å²) in [7, 11) is 0. The average Bonchev–Trinajstić information content (AvgIpc) is 2.86. The molecule has 0 spiro atoms. The molecule has 2 amide bonds. The highest BCUT2D eigenvalue weighted by atomic mass is 35.5. The maximum absolute atomic E-state index is 13.8. The zero-order chi connectivity index (χ0) is 26.1. The number of para-hydroxylation sites is 1. The molecule has 0 aliphatic carbocycles. The molecule has 36 heavy (non-hydrogen) atoms. The van der Waals surface area contributed by atoms with Gasteiger partial charge in [0.15, 0.2) is 0 Å². The topological polar surface area (TPSA) is 92.6 Å². The summed E-state index contributed by atoms with van der Waals surface area (Å²) >= 11 is 6.20. The number of halogens is 1. The summed E-state index contributed by atoms with van der Waals surface area (Å²) in [4.78, 5) is 39.8. The first-order valence-electron chi connectivity index (χ1n) is 11.9. The Labute approximate surface area is 216 Å². The van der Waals surface area contributed by atoms with Crippen molar-refractivity contribution in [3.63, 3.8) is 0 Å². The average molecular weight is 508 g/mol. The van der Waals surface area contributed by atoms with Gasteiger partial charge in [0.2, 0.25) is 11.8 Å². The van der Waals surface area contributed by atoms with Gasteiger partial charge < -0.3 is 10.2 Å². The maximum atomic E-state index is 13.8. The zero-order valence-electron chi connectivity index (χ0n) is 20.4. The Kier molecular flexibility index (Phi) is 9.59. The van der Waals surface area contributed by atoms with Gasteiger partial charge in [-0.25, -0.2) is 0 Å². The van der Waals surface area contributed by atoms with Crippen LogP contribution >= 0.6 is 11.6 Å². The summed E-state index contributed by atoms with van der Waals surface area (Å²) in [6, 6.07) is 21.9. The van der Waals surface area contributed by atoms with E-state index < -0.39 is 11.0 Å². The minimum atomic E-state index is -0.823. The van der Waals surface area contributed by atoms with E-state index in [1.54, 1.807) is 36.4 Å². The summed E-state index contributed by atoms with van der Waals surface area (Å²) in [5.41, 5.74) is 1.82. The highest BCUT2D eigenvalue weighted by Crippen LogP contribution is 2.22. The zero-order valence-corrected chi connectivity index (χ0v) is 21.1. The Bertz CT molecular complexity index is 1200. The van der Waals surface area contributed by atoms with Crippen LogP contribution in [-0.2, 0) is 29.0 Å². The summed E-state index contributed by atoms with van der Waals surface area (Å²) < 4.78 is 0. The quantitative estimate of drug-likeness (QED) is 0.280. The molecule has 0 bridgehead atoms. The molecule has 0 unspecified atom stereocenters. The Morgan fingerprint density at radius 1 is 1.00 bits per heavy atom. The summed E-state index contributed by atoms with van der Waals surface area (Å²) in [6.07, 6.45) is 0.828. The van der Waals surface area contributed by atoms with E-state index in [2.05, 4.69) is 5.32 Å². The second kappa shape index (κ2) is 12.8. The van der Waals surface area contributed by atoms with Crippen molar-refractivity contribution in [2.45, 2.75) is 51.7 Å². The van der Waals surface area contributed by atoms with E-state index in [0.717, 1.165) is 17.5 Å². The maximum Gasteiger partial charge on any atom is 0.273 e. The normalized spacial score (nSPS) is 12.4. The molecule has 7 nitrogen and oxygen atoms in total. The molecule has 1 N–H and O–H groups in total. The number of nitro groups is 1. The van der Waals surface area contributed by atoms with Crippen LogP contribution in [0.3, 0.4) is 0 Å². The SMILES string of the molecule is CC[C@@H](C)NC(=O)[C@@H](Cc1ccccc1)N(Cc1cccc(Cl)c1)C(=O)Cc1ccccc1[N+](=O)[O-]. The predicted molar refractivity (Wildman–Crippen MR) is 141 cm³/mol. The lowest BCUT2D eigenvalue weighted by Gasteiger charge is -2.32. The van der Waals surface area contributed by atoms with Gasteiger partial charge in [-0.1, -0.05) is 79.2 Å². The molecule has 0 heterocycles. The van der Waals surface area contributed by atoms with Crippen molar-refractivity contribution in [2.24, 2.45) is 0 Å². The van der Waals surface area contributed by atoms with Crippen molar-refractivity contribution in [1.29, 1.82) is 0 Å². The molecule has 3 rings (SSSR count). The number of carbonyl (C=O) groups excluding carboxylic acids is 2. The van der Waals surface area contributed by atoms with Crippen molar-refractivity contribution in [3.8, 4) is 0 Å². The smallest absolute Gasteiger partial charge is 0.273 e. The predicted octanol–water partition coefficient (Wildman–Crippen LogP) is 5.35. The van der Waals surface area contributed by atoms with Crippen LogP contribution in [-0.4, -0.2) is 33.7 Å². The molecule has 0 radical (unpaired) electrons. The first kappa shape index (κ1) is 26.9. The van der Waals surface area contributed by atoms with Crippen LogP contribution in [0.25, 0.3) is 0 Å². The van der Waals surface area contributed by atoms with Crippen LogP contribution in [0.15, 0.2) is 78.9 Å². The number of hydrogen-bond acceptors (Lipinski definition) is 4. The highest BCUT2D eigenvalue weighted by molar-refractivity contribution is 6.30. The van der Waals surface area contributed by atoms with Gasteiger partial charge in [-0.3, -0.25) is 19.7 Å². The van der Waals surface area contributed by atoms with Gasteiger partial charge in [-0.2, -0.15) is 0 Å². The fourth-order valence-electron chi connectivity index (χ4n) is 3.93. The molecule has 3 aromatic carbocycles. The van der Waals surface area contributed by atoms with Gasteiger partial charge in [0.25, 0.3) is 5.69 Å². The molecule has 8 heteroatoms. The standard InChI is InChI=1S/C28H30ClN3O4/c1-3-20(2)30-28(34)26(17-21-10-5-4-6-11-21)31(19-22-12-9-14-24(29)16-22)27(33)18-23-13-7-8-15-25(23)32(35)36/h4-16,20,26H,3,17-19H2,1-2H3,(H,30,34)/t20-,26-/m1/s1. The number of benzene rings is 3. The molecule has 0 saturated carbocycles. The molecule has 0 aliphatic rings. The Morgan fingerprint density at radius 3 is 2.33 bits per heavy atom. The fraction of sp³-hybridized carbons (Fsp3) is 0.286. The number of rotatable bonds is 11. The van der Waals surface area contributed by atoms with Crippen molar-refractivity contribution in [3.05, 3.63) is 111 Å². The van der Waals surface area contributed by atoms with Gasteiger partial charge in [-0.15, -0.1) is 0 Å². The molecule has 0 saturated heterocycles. The van der Waals surface area contributed by atoms with Crippen LogP contribution in [0.2, 0.25) is 5.02 Å². The van der Waals surface area contributed by atoms with Gasteiger partial charge in [0.1, 0.15) is 6.04 Å². The van der Waals surface area contributed by atoms with Crippen molar-refractivity contribution in [1.82, 2.24) is 10.2 Å². The van der Waals surface area contributed by atoms with E-state index in [9.17, 15) is 19.7 Å². The lowest BCUT2D eigenvalue weighted by atomic mass is 10.0. The van der Waals surface area contributed by atoms with Gasteiger partial charge in [0, 0.05) is 35.7 Å². The second-order valence-corrected chi connectivity index (χ2v) is 9.17. The minimum absolute atomic E-state index is 0.0749. The second-order valence-electron chi connectivity index (χ2n) is 8.74. The Balaban J connectivity index is 2.02. The lowest BCUT2D eigenvalue weighted by Crippen LogP contribution is -2.52. The summed E-state index contributed by atoms with van der Waals surface area (Å²) in [5, 5.41) is 15.1. The molecule has 2 atom stereocenters. The van der Waals surface area contributed by atoms with E-state index in [4.69, 9.17) is 11.6 Å². The molecule has 0 aliphatic heterocycles. The molecule has 0 fully saturated rings. The van der Waals surface area contributed by atoms with Crippen molar-refractivity contribution < 1.29 is 14.5 Å². The fourth-order valence-corrected chi connectivity index (χ4v) is 4.14. The number of nitrogens with zero attached hydrogens (tertiary/aromatic N) is 2.